The molecule has 222 valence electrons. The highest BCUT2D eigenvalue weighted by molar-refractivity contribution is 5.86. The van der Waals surface area contributed by atoms with E-state index in [1.54, 1.807) is 17.0 Å². The number of halogens is 6. The van der Waals surface area contributed by atoms with E-state index in [1.807, 2.05) is 49.4 Å². The van der Waals surface area contributed by atoms with E-state index in [2.05, 4.69) is 0 Å². The fourth-order valence-electron chi connectivity index (χ4n) is 5.00. The molecular weight excluding hydrogens is 556 g/mol. The summed E-state index contributed by atoms with van der Waals surface area (Å²) in [6.07, 6.45) is -8.12. The molecule has 9 heteroatoms. The molecule has 1 amide bonds. The predicted molar refractivity (Wildman–Crippen MR) is 150 cm³/mol. The van der Waals surface area contributed by atoms with E-state index >= 15 is 0 Å². The highest BCUT2D eigenvalue weighted by Gasteiger charge is 2.31. The van der Waals surface area contributed by atoms with Gasteiger partial charge in [0.1, 0.15) is 0 Å². The van der Waals surface area contributed by atoms with Gasteiger partial charge in [-0.05, 0) is 72.2 Å². The van der Waals surface area contributed by atoms with Gasteiger partial charge in [0.25, 0.3) is 0 Å². The van der Waals surface area contributed by atoms with Gasteiger partial charge in [-0.2, -0.15) is 26.3 Å². The first kappa shape index (κ1) is 30.9. The van der Waals surface area contributed by atoms with Gasteiger partial charge < -0.3 is 9.64 Å². The van der Waals surface area contributed by atoms with Crippen LogP contribution >= 0.6 is 0 Å². The molecule has 0 radical (unpaired) electrons. The summed E-state index contributed by atoms with van der Waals surface area (Å²) in [4.78, 5) is 14.9. The van der Waals surface area contributed by atoms with Crippen LogP contribution in [-0.4, -0.2) is 24.1 Å². The minimum Gasteiger partial charge on any atom is -0.449 e. The molecule has 0 fully saturated rings. The van der Waals surface area contributed by atoms with Crippen molar-refractivity contribution in [3.63, 3.8) is 0 Å². The molecule has 42 heavy (non-hydrogen) atoms. The number of benzene rings is 4. The topological polar surface area (TPSA) is 29.5 Å². The van der Waals surface area contributed by atoms with Crippen LogP contribution in [0.4, 0.5) is 31.1 Å². The lowest BCUT2D eigenvalue weighted by atomic mass is 9.98. The summed E-state index contributed by atoms with van der Waals surface area (Å²) >= 11 is 0. The lowest BCUT2D eigenvalue weighted by molar-refractivity contribution is -0.138. The van der Waals surface area contributed by atoms with Crippen molar-refractivity contribution >= 4 is 16.9 Å². The number of carbonyl (C=O) groups excluding carboxylic acids is 1. The Morgan fingerprint density at radius 3 is 1.90 bits per heavy atom. The van der Waals surface area contributed by atoms with Crippen molar-refractivity contribution in [3.05, 3.63) is 119 Å². The molecule has 0 saturated carbocycles. The van der Waals surface area contributed by atoms with E-state index in [4.69, 9.17) is 4.74 Å². The summed E-state index contributed by atoms with van der Waals surface area (Å²) in [7, 11) is 0. The Kier molecular flexibility index (Phi) is 9.81. The number of amides is 1. The second-order valence-corrected chi connectivity index (χ2v) is 10.2. The smallest absolute Gasteiger partial charge is 0.416 e. The molecule has 1 atom stereocenters. The summed E-state index contributed by atoms with van der Waals surface area (Å²) in [5.41, 5.74) is 0.446. The van der Waals surface area contributed by atoms with Gasteiger partial charge in [0.05, 0.1) is 23.8 Å². The molecule has 3 nitrogen and oxygen atoms in total. The van der Waals surface area contributed by atoms with Crippen LogP contribution in [0.1, 0.15) is 53.6 Å². The number of alkyl halides is 6. The van der Waals surface area contributed by atoms with Crippen molar-refractivity contribution in [2.75, 3.05) is 13.2 Å². The van der Waals surface area contributed by atoms with Crippen LogP contribution in [0.3, 0.4) is 0 Å². The summed E-state index contributed by atoms with van der Waals surface area (Å²) in [5, 5.41) is 1.97. The third-order valence-electron chi connectivity index (χ3n) is 7.18. The number of hydrogen-bond acceptors (Lipinski definition) is 2. The summed E-state index contributed by atoms with van der Waals surface area (Å²) in [6.45, 7) is 2.10. The number of rotatable bonds is 10. The zero-order valence-corrected chi connectivity index (χ0v) is 23.0. The van der Waals surface area contributed by atoms with E-state index < -0.39 is 35.6 Å². The molecule has 0 aromatic heterocycles. The SMILES string of the molecule is C[C@H](c1cccc2ccccc12)N(CCCc1cccc(C(F)(F)F)c1)C(=O)OCCCc1cccc(C(F)(F)F)c1. The lowest BCUT2D eigenvalue weighted by Gasteiger charge is -2.30. The molecule has 0 unspecified atom stereocenters. The molecule has 0 aliphatic heterocycles. The number of nitrogens with zero attached hydrogens (tertiary/aromatic N) is 1. The van der Waals surface area contributed by atoms with Gasteiger partial charge in [0.2, 0.25) is 0 Å². The van der Waals surface area contributed by atoms with Crippen molar-refractivity contribution < 1.29 is 35.9 Å². The zero-order chi connectivity index (χ0) is 30.3. The molecule has 4 aromatic rings. The van der Waals surface area contributed by atoms with Crippen molar-refractivity contribution in [2.24, 2.45) is 0 Å². The van der Waals surface area contributed by atoms with Gasteiger partial charge in [-0.1, -0.05) is 78.9 Å². The van der Waals surface area contributed by atoms with Crippen LogP contribution in [0, 0.1) is 0 Å². The third kappa shape index (κ3) is 8.05. The van der Waals surface area contributed by atoms with Gasteiger partial charge in [0, 0.05) is 6.54 Å². The Bertz CT molecular complexity index is 1490. The fraction of sp³-hybridized carbons (Fsp3) is 0.303. The largest absolute Gasteiger partial charge is 0.449 e. The molecule has 0 aliphatic carbocycles. The van der Waals surface area contributed by atoms with Crippen LogP contribution in [0.25, 0.3) is 10.8 Å². The van der Waals surface area contributed by atoms with Gasteiger partial charge in [-0.25, -0.2) is 4.79 Å². The molecule has 0 N–H and O–H groups in total. The van der Waals surface area contributed by atoms with Crippen molar-refractivity contribution in [2.45, 2.75) is 51.0 Å². The summed E-state index contributed by atoms with van der Waals surface area (Å²) in [6, 6.07) is 23.3. The van der Waals surface area contributed by atoms with Gasteiger partial charge in [-0.15, -0.1) is 0 Å². The highest BCUT2D eigenvalue weighted by atomic mass is 19.4. The van der Waals surface area contributed by atoms with E-state index in [-0.39, 0.29) is 13.2 Å². The van der Waals surface area contributed by atoms with Crippen molar-refractivity contribution in [3.8, 4) is 0 Å². The van der Waals surface area contributed by atoms with Crippen LogP contribution in [-0.2, 0) is 29.9 Å². The zero-order valence-electron chi connectivity index (χ0n) is 23.0. The molecule has 4 rings (SSSR count). The Balaban J connectivity index is 1.45. The number of fused-ring (bicyclic) bond motifs is 1. The summed E-state index contributed by atoms with van der Waals surface area (Å²) in [5.74, 6) is 0. The van der Waals surface area contributed by atoms with Gasteiger partial charge >= 0.3 is 18.4 Å². The lowest BCUT2D eigenvalue weighted by Crippen LogP contribution is -2.35. The second kappa shape index (κ2) is 13.3. The normalized spacial score (nSPS) is 12.7. The maximum Gasteiger partial charge on any atom is 0.416 e. The Morgan fingerprint density at radius 2 is 1.29 bits per heavy atom. The minimum absolute atomic E-state index is 0.00145. The van der Waals surface area contributed by atoms with E-state index in [0.717, 1.165) is 40.6 Å². The molecule has 0 heterocycles. The Hall–Kier alpha value is -4.01. The van der Waals surface area contributed by atoms with E-state index in [9.17, 15) is 31.1 Å². The Labute approximate surface area is 240 Å². The van der Waals surface area contributed by atoms with Gasteiger partial charge in [-0.3, -0.25) is 0 Å². The Morgan fingerprint density at radius 1 is 0.738 bits per heavy atom. The number of carbonyl (C=O) groups is 1. The minimum atomic E-state index is -4.44. The van der Waals surface area contributed by atoms with Crippen LogP contribution in [0.5, 0.6) is 0 Å². The first-order valence-electron chi connectivity index (χ1n) is 13.7. The highest BCUT2D eigenvalue weighted by Crippen LogP contribution is 2.32. The summed E-state index contributed by atoms with van der Waals surface area (Å²) < 4.78 is 84.1. The van der Waals surface area contributed by atoms with E-state index in [1.165, 1.54) is 12.1 Å². The van der Waals surface area contributed by atoms with Crippen molar-refractivity contribution in [1.82, 2.24) is 4.90 Å². The molecule has 0 aliphatic rings. The quantitative estimate of drug-likeness (QED) is 0.137. The molecule has 0 bridgehead atoms. The second-order valence-electron chi connectivity index (χ2n) is 10.2. The molecule has 0 spiro atoms. The number of aryl methyl sites for hydroxylation is 2. The molecule has 4 aromatic carbocycles. The first-order valence-corrected chi connectivity index (χ1v) is 13.7. The molecule has 0 saturated heterocycles. The first-order chi connectivity index (χ1) is 19.9. The van der Waals surface area contributed by atoms with Crippen molar-refractivity contribution in [1.29, 1.82) is 0 Å². The van der Waals surface area contributed by atoms with Crippen LogP contribution < -0.4 is 0 Å². The van der Waals surface area contributed by atoms with E-state index in [0.29, 0.717) is 36.8 Å². The van der Waals surface area contributed by atoms with Gasteiger partial charge in [0.15, 0.2) is 0 Å². The average Bonchev–Trinajstić information content (AvgIpc) is 2.96. The van der Waals surface area contributed by atoms with Crippen LogP contribution in [0.2, 0.25) is 0 Å². The fourth-order valence-corrected chi connectivity index (χ4v) is 5.00. The monoisotopic (exact) mass is 587 g/mol. The predicted octanol–water partition coefficient (Wildman–Crippen LogP) is 9.64. The number of ether oxygens (including phenoxy) is 1. The maximum atomic E-state index is 13.3. The number of hydrogen-bond donors (Lipinski definition) is 0. The molecular formula is C33H31F6NO2. The maximum absolute atomic E-state index is 13.3. The van der Waals surface area contributed by atoms with Crippen LogP contribution in [0.15, 0.2) is 91.0 Å². The standard InChI is InChI=1S/C33H31F6NO2/c1-23(29-18-6-14-26-13-2-3-17-30(26)29)40(19-7-11-24-9-4-15-27(21-24)32(34,35)36)31(41)42-20-8-12-25-10-5-16-28(22-25)33(37,38)39/h2-6,9-10,13-18,21-23H,7-8,11-12,19-20H2,1H3/t23-/m1/s1. The average molecular weight is 588 g/mol. The third-order valence-corrected chi connectivity index (χ3v) is 7.18.